The van der Waals surface area contributed by atoms with Crippen molar-refractivity contribution >= 4 is 62.6 Å². The highest BCUT2D eigenvalue weighted by Gasteiger charge is 2.39. The summed E-state index contributed by atoms with van der Waals surface area (Å²) in [7, 11) is 0. The molecular weight excluding hydrogens is 600 g/mol. The molecule has 3 nitrogen and oxygen atoms in total. The number of benzene rings is 2. The molecule has 0 amide bonds. The van der Waals surface area contributed by atoms with Gasteiger partial charge in [0.25, 0.3) is 0 Å². The lowest BCUT2D eigenvalue weighted by Gasteiger charge is -2.31. The number of alkyl halides is 3. The highest BCUT2D eigenvalue weighted by molar-refractivity contribution is 9.10. The normalized spacial score (nSPS) is 16.3. The van der Waals surface area contributed by atoms with E-state index in [1.54, 1.807) is 18.2 Å². The van der Waals surface area contributed by atoms with Gasteiger partial charge in [0, 0.05) is 29.4 Å². The lowest BCUT2D eigenvalue weighted by molar-refractivity contribution is -0.139. The third-order valence-corrected chi connectivity index (χ3v) is 8.07. The molecule has 1 aliphatic heterocycles. The molecule has 0 radical (unpaired) electrons. The average molecular weight is 623 g/mol. The summed E-state index contributed by atoms with van der Waals surface area (Å²) >= 11 is 21.2. The summed E-state index contributed by atoms with van der Waals surface area (Å²) in [5, 5.41) is 8.61. The first-order chi connectivity index (χ1) is 17.0. The van der Waals surface area contributed by atoms with Gasteiger partial charge in [-0.1, -0.05) is 69.0 Å². The van der Waals surface area contributed by atoms with E-state index in [9.17, 15) is 18.0 Å². The van der Waals surface area contributed by atoms with E-state index in [1.165, 1.54) is 6.08 Å². The largest absolute Gasteiger partial charge is 0.399 e. The zero-order valence-corrected chi connectivity index (χ0v) is 22.9. The number of nitrogens with zero attached hydrogens (tertiary/aromatic N) is 2. The fourth-order valence-electron chi connectivity index (χ4n) is 4.23. The van der Waals surface area contributed by atoms with Crippen molar-refractivity contribution in [3.8, 4) is 6.07 Å². The van der Waals surface area contributed by atoms with Crippen molar-refractivity contribution in [1.82, 2.24) is 4.90 Å². The first-order valence-electron chi connectivity index (χ1n) is 11.3. The molecule has 0 bridgehead atoms. The molecule has 0 aromatic heterocycles. The SMILES string of the molecule is N#CCCN1CCC(CC(=O)c2ccc(/C=C/C(c3cc(Cl)c(Cl)c(Cl)c3)C(F)(F)F)cc2Br)CC1. The van der Waals surface area contributed by atoms with E-state index in [4.69, 9.17) is 40.1 Å². The molecule has 1 unspecified atom stereocenters. The molecule has 2 aromatic rings. The van der Waals surface area contributed by atoms with Gasteiger partial charge in [-0.25, -0.2) is 0 Å². The van der Waals surface area contributed by atoms with Crippen LogP contribution in [0, 0.1) is 17.2 Å². The Hall–Kier alpha value is -1.56. The van der Waals surface area contributed by atoms with E-state index in [0.717, 1.165) is 50.7 Å². The Morgan fingerprint density at radius 2 is 1.81 bits per heavy atom. The van der Waals surface area contributed by atoms with E-state index < -0.39 is 12.1 Å². The molecular formula is C26H23BrCl3F3N2O. The smallest absolute Gasteiger partial charge is 0.302 e. The predicted octanol–water partition coefficient (Wildman–Crippen LogP) is 8.97. The quantitative estimate of drug-likeness (QED) is 0.218. The minimum Gasteiger partial charge on any atom is -0.302 e. The Bertz CT molecular complexity index is 1150. The van der Waals surface area contributed by atoms with Crippen LogP contribution >= 0.6 is 50.7 Å². The number of hydrogen-bond donors (Lipinski definition) is 0. The molecule has 3 rings (SSSR count). The van der Waals surface area contributed by atoms with Gasteiger partial charge in [0.1, 0.15) is 0 Å². The van der Waals surface area contributed by atoms with Crippen molar-refractivity contribution in [2.24, 2.45) is 5.92 Å². The topological polar surface area (TPSA) is 44.1 Å². The Morgan fingerprint density at radius 3 is 2.36 bits per heavy atom. The van der Waals surface area contributed by atoms with E-state index in [0.29, 0.717) is 28.4 Å². The lowest BCUT2D eigenvalue weighted by Crippen LogP contribution is -2.34. The third-order valence-electron chi connectivity index (χ3n) is 6.21. The molecule has 2 aromatic carbocycles. The van der Waals surface area contributed by atoms with Gasteiger partial charge in [0.05, 0.1) is 27.1 Å². The lowest BCUT2D eigenvalue weighted by atomic mass is 9.89. The maximum atomic E-state index is 13.8. The second kappa shape index (κ2) is 12.8. The van der Waals surface area contributed by atoms with Crippen LogP contribution in [0.25, 0.3) is 6.08 Å². The van der Waals surface area contributed by atoms with Crippen LogP contribution in [0.2, 0.25) is 15.1 Å². The molecule has 0 aliphatic carbocycles. The van der Waals surface area contributed by atoms with Gasteiger partial charge < -0.3 is 4.90 Å². The summed E-state index contributed by atoms with van der Waals surface area (Å²) in [5.41, 5.74) is 0.884. The molecule has 10 heteroatoms. The van der Waals surface area contributed by atoms with Crippen molar-refractivity contribution in [1.29, 1.82) is 5.26 Å². The number of ketones is 1. The molecule has 0 saturated carbocycles. The van der Waals surface area contributed by atoms with Gasteiger partial charge >= 0.3 is 6.18 Å². The van der Waals surface area contributed by atoms with Crippen LogP contribution in [0.3, 0.4) is 0 Å². The first-order valence-corrected chi connectivity index (χ1v) is 13.2. The summed E-state index contributed by atoms with van der Waals surface area (Å²) in [5.74, 6) is -1.68. The Labute approximate surface area is 231 Å². The number of piperidine rings is 1. The van der Waals surface area contributed by atoms with Crippen molar-refractivity contribution in [3.63, 3.8) is 0 Å². The number of hydrogen-bond acceptors (Lipinski definition) is 3. The van der Waals surface area contributed by atoms with E-state index in [1.807, 2.05) is 0 Å². The van der Waals surface area contributed by atoms with Crippen molar-refractivity contribution in [2.45, 2.75) is 37.8 Å². The Morgan fingerprint density at radius 1 is 1.17 bits per heavy atom. The van der Waals surface area contributed by atoms with Crippen LogP contribution in [-0.2, 0) is 0 Å². The van der Waals surface area contributed by atoms with Crippen LogP contribution in [0.5, 0.6) is 0 Å². The minimum absolute atomic E-state index is 0.000670. The molecule has 1 fully saturated rings. The zero-order chi connectivity index (χ0) is 26.5. The second-order valence-corrected chi connectivity index (χ2v) is 10.8. The van der Waals surface area contributed by atoms with Crippen molar-refractivity contribution in [3.05, 3.63) is 72.6 Å². The van der Waals surface area contributed by atoms with E-state index in [2.05, 4.69) is 26.9 Å². The van der Waals surface area contributed by atoms with Crippen LogP contribution in [-0.4, -0.2) is 36.5 Å². The maximum Gasteiger partial charge on any atom is 0.399 e. The number of halogens is 7. The first kappa shape index (κ1) is 29.0. The summed E-state index contributed by atoms with van der Waals surface area (Å²) in [6.45, 7) is 2.49. The molecule has 1 atom stereocenters. The molecule has 36 heavy (non-hydrogen) atoms. The average Bonchev–Trinajstić information content (AvgIpc) is 2.81. The van der Waals surface area contributed by atoms with Gasteiger partial charge in [-0.15, -0.1) is 0 Å². The maximum absolute atomic E-state index is 13.8. The number of carbonyl (C=O) groups excluding carboxylic acids is 1. The third kappa shape index (κ3) is 7.72. The zero-order valence-electron chi connectivity index (χ0n) is 19.1. The van der Waals surface area contributed by atoms with Crippen molar-refractivity contribution in [2.75, 3.05) is 19.6 Å². The molecule has 1 aliphatic rings. The van der Waals surface area contributed by atoms with Crippen LogP contribution in [0.1, 0.15) is 53.1 Å². The van der Waals surface area contributed by atoms with E-state index in [-0.39, 0.29) is 32.3 Å². The summed E-state index contributed by atoms with van der Waals surface area (Å²) in [4.78, 5) is 15.1. The van der Waals surface area contributed by atoms with Gasteiger partial charge in [0.15, 0.2) is 5.78 Å². The summed E-state index contributed by atoms with van der Waals surface area (Å²) in [6.07, 6.45) is 0.509. The molecule has 192 valence electrons. The van der Waals surface area contributed by atoms with Crippen LogP contribution in [0.15, 0.2) is 40.9 Å². The monoisotopic (exact) mass is 620 g/mol. The van der Waals surface area contributed by atoms with Gasteiger partial charge in [-0.2, -0.15) is 18.4 Å². The fourth-order valence-corrected chi connectivity index (χ4v) is 5.46. The second-order valence-electron chi connectivity index (χ2n) is 8.74. The van der Waals surface area contributed by atoms with Crippen LogP contribution < -0.4 is 0 Å². The predicted molar refractivity (Wildman–Crippen MR) is 142 cm³/mol. The Balaban J connectivity index is 1.70. The highest BCUT2D eigenvalue weighted by Crippen LogP contribution is 2.41. The van der Waals surface area contributed by atoms with Crippen LogP contribution in [0.4, 0.5) is 13.2 Å². The van der Waals surface area contributed by atoms with Gasteiger partial charge in [-0.05, 0) is 67.2 Å². The van der Waals surface area contributed by atoms with Crippen molar-refractivity contribution < 1.29 is 18.0 Å². The Kier molecular flexibility index (Phi) is 10.3. The summed E-state index contributed by atoms with van der Waals surface area (Å²) in [6, 6.07) is 9.34. The highest BCUT2D eigenvalue weighted by atomic mass is 79.9. The molecule has 0 spiro atoms. The van der Waals surface area contributed by atoms with Gasteiger partial charge in [0.2, 0.25) is 0 Å². The number of carbonyl (C=O) groups is 1. The van der Waals surface area contributed by atoms with E-state index >= 15 is 0 Å². The number of likely N-dealkylation sites (tertiary alicyclic amines) is 1. The number of rotatable bonds is 8. The number of nitriles is 1. The van der Waals surface area contributed by atoms with Gasteiger partial charge in [-0.3, -0.25) is 4.79 Å². The molecule has 0 N–H and O–H groups in total. The summed E-state index contributed by atoms with van der Waals surface area (Å²) < 4.78 is 41.9. The number of Topliss-reactive ketones (excluding diaryl/α,β-unsaturated/α-hetero) is 1. The standard InChI is InChI=1S/C26H23BrCl3F3N2O/c27-21-12-16(3-5-20(26(31,32)33)18-14-22(28)25(30)23(29)15-18)2-4-19(21)24(36)13-17-6-10-35(11-7-17)9-1-8-34/h2-5,12,14-15,17,20H,1,6-7,9-11,13H2/b5-3+. The molecule has 1 saturated heterocycles. The molecule has 1 heterocycles. The minimum atomic E-state index is -4.58. The fraction of sp³-hybridized carbons (Fsp3) is 0.385. The number of allylic oxidation sites excluding steroid dienone is 1.